The molecule has 4 saturated carbocycles. The number of rotatable bonds is 9. The van der Waals surface area contributed by atoms with Crippen molar-refractivity contribution in [1.82, 2.24) is 14.9 Å². The Kier molecular flexibility index (Phi) is 9.37. The molecule has 0 spiro atoms. The first kappa shape index (κ1) is 37.3. The van der Waals surface area contributed by atoms with Gasteiger partial charge in [0.15, 0.2) is 0 Å². The van der Waals surface area contributed by atoms with E-state index in [-0.39, 0.29) is 33.2 Å². The van der Waals surface area contributed by atoms with Gasteiger partial charge in [-0.15, -0.1) is 0 Å². The molecule has 1 saturated heterocycles. The van der Waals surface area contributed by atoms with Crippen molar-refractivity contribution in [3.63, 3.8) is 0 Å². The molecule has 3 N–H and O–H groups in total. The molecule has 0 radical (unpaired) electrons. The molecule has 51 heavy (non-hydrogen) atoms. The van der Waals surface area contributed by atoms with Crippen molar-refractivity contribution in [3.05, 3.63) is 53.6 Å². The average molecular weight is 720 g/mol. The topological polar surface area (TPSA) is 98.7 Å². The molecule has 0 amide bonds. The predicted octanol–water partition coefficient (Wildman–Crippen LogP) is 8.00. The van der Waals surface area contributed by atoms with Gasteiger partial charge in [-0.05, 0) is 146 Å². The van der Waals surface area contributed by atoms with E-state index in [0.29, 0.717) is 48.2 Å². The number of fused-ring (bicyclic) bond motifs is 7. The highest BCUT2D eigenvalue weighted by atomic mass is 32.2. The van der Waals surface area contributed by atoms with E-state index < -0.39 is 16.0 Å². The van der Waals surface area contributed by atoms with E-state index in [1.807, 2.05) is 12.1 Å². The fourth-order valence-corrected chi connectivity index (χ4v) is 15.0. The Labute approximate surface area is 308 Å². The molecule has 1 aliphatic heterocycles. The molecule has 1 heterocycles. The van der Waals surface area contributed by atoms with Gasteiger partial charge in [-0.2, -0.15) is 0 Å². The predicted molar refractivity (Wildman–Crippen MR) is 207 cm³/mol. The zero-order valence-corrected chi connectivity index (χ0v) is 33.3. The molecule has 1 aromatic rings. The lowest BCUT2D eigenvalue weighted by atomic mass is 9.33. The highest BCUT2D eigenvalue weighted by Crippen LogP contribution is 2.76. The molecule has 5 aliphatic carbocycles. The third-order valence-corrected chi connectivity index (χ3v) is 18.0. The molecule has 0 aromatic heterocycles. The van der Waals surface area contributed by atoms with Crippen LogP contribution in [0, 0.1) is 51.2 Å². The Morgan fingerprint density at radius 3 is 2.29 bits per heavy atom. The summed E-state index contributed by atoms with van der Waals surface area (Å²) in [6.07, 6.45) is 15.9. The minimum Gasteiger partial charge on any atom is -0.478 e. The minimum absolute atomic E-state index is 0.00851. The number of carboxylic acids is 1. The molecule has 7 rings (SSSR count). The number of nitrogens with zero attached hydrogens (tertiary/aromatic N) is 1. The number of hydrogen-bond donors (Lipinski definition) is 3. The second-order valence-corrected chi connectivity index (χ2v) is 21.2. The van der Waals surface area contributed by atoms with E-state index in [2.05, 4.69) is 64.8 Å². The lowest BCUT2D eigenvalue weighted by Gasteiger charge is -2.72. The standard InChI is InChI=1S/C43H65N3O4S/c1-28(2)32-15-21-43(45-25-24-44-31-18-26-46(27-31)51(8,49)50)23-22-41(6)34(37(32)43)13-14-36-40(5)19-16-33(29-9-11-30(12-10-29)38(47)48)39(3,4)35(40)17-20-42(36,41)7/h9-12,16,31-32,34-37,44-45H,1,13-15,17-27H2,2-8H3,(H,47,48)/t31?,32-,34+,35-,36+,37+,40-,41+,42+,43-/m0/s1. The molecular formula is C43H65N3O4S. The number of carbonyl (C=O) groups is 1. The molecule has 1 unspecified atom stereocenters. The average Bonchev–Trinajstić information content (AvgIpc) is 3.69. The summed E-state index contributed by atoms with van der Waals surface area (Å²) in [6.45, 7) is 22.8. The van der Waals surface area contributed by atoms with Crippen LogP contribution in [0.3, 0.4) is 0 Å². The van der Waals surface area contributed by atoms with Gasteiger partial charge in [-0.3, -0.25) is 0 Å². The second-order valence-electron chi connectivity index (χ2n) is 19.3. The molecule has 6 aliphatic rings. The SMILES string of the molecule is C=C(C)[C@@H]1CC[C@]2(NCCNC3CCN(S(C)(=O)=O)C3)CC[C@]3(C)[C@H](CC[C@@H]4[C@@]5(C)CC=C(c6ccc(C(=O)O)cc6)C(C)(C)[C@@H]5CC[C@]43C)[C@@H]12. The highest BCUT2D eigenvalue weighted by Gasteiger charge is 2.70. The van der Waals surface area contributed by atoms with Gasteiger partial charge in [0.25, 0.3) is 0 Å². The van der Waals surface area contributed by atoms with Gasteiger partial charge in [-0.25, -0.2) is 17.5 Å². The quantitative estimate of drug-likeness (QED) is 0.177. The van der Waals surface area contributed by atoms with E-state index in [1.165, 1.54) is 74.3 Å². The number of hydrogen-bond acceptors (Lipinski definition) is 5. The van der Waals surface area contributed by atoms with E-state index in [4.69, 9.17) is 0 Å². The number of aromatic carboxylic acids is 1. The van der Waals surface area contributed by atoms with Crippen LogP contribution in [0.5, 0.6) is 0 Å². The van der Waals surface area contributed by atoms with Crippen LogP contribution >= 0.6 is 0 Å². The maximum absolute atomic E-state index is 12.0. The fraction of sp³-hybridized carbons (Fsp3) is 0.744. The van der Waals surface area contributed by atoms with Crippen LogP contribution in [0.2, 0.25) is 0 Å². The van der Waals surface area contributed by atoms with Crippen LogP contribution in [-0.4, -0.2) is 67.8 Å². The Morgan fingerprint density at radius 1 is 0.922 bits per heavy atom. The van der Waals surface area contributed by atoms with Crippen molar-refractivity contribution < 1.29 is 18.3 Å². The van der Waals surface area contributed by atoms with Gasteiger partial charge in [0.1, 0.15) is 0 Å². The molecule has 1 aromatic carbocycles. The smallest absolute Gasteiger partial charge is 0.335 e. The molecule has 5 fully saturated rings. The van der Waals surface area contributed by atoms with Crippen molar-refractivity contribution in [2.24, 2.45) is 51.2 Å². The van der Waals surface area contributed by atoms with Crippen LogP contribution in [0.4, 0.5) is 0 Å². The van der Waals surface area contributed by atoms with Crippen LogP contribution < -0.4 is 10.6 Å². The summed E-state index contributed by atoms with van der Waals surface area (Å²) in [4.78, 5) is 11.6. The van der Waals surface area contributed by atoms with Gasteiger partial charge in [0, 0.05) is 37.8 Å². The summed E-state index contributed by atoms with van der Waals surface area (Å²) in [5.41, 5.74) is 5.21. The Morgan fingerprint density at radius 2 is 1.65 bits per heavy atom. The number of carboxylic acid groups (broad SMARTS) is 1. The Hall–Kier alpha value is -2.00. The molecule has 8 heteroatoms. The van der Waals surface area contributed by atoms with E-state index in [0.717, 1.165) is 25.9 Å². The summed E-state index contributed by atoms with van der Waals surface area (Å²) < 4.78 is 25.7. The molecule has 10 atom stereocenters. The first-order valence-corrected chi connectivity index (χ1v) is 21.9. The molecule has 282 valence electrons. The summed E-state index contributed by atoms with van der Waals surface area (Å²) in [6, 6.07) is 7.82. The lowest BCUT2D eigenvalue weighted by molar-refractivity contribution is -0.219. The summed E-state index contributed by atoms with van der Waals surface area (Å²) >= 11 is 0. The summed E-state index contributed by atoms with van der Waals surface area (Å²) in [7, 11) is -3.13. The van der Waals surface area contributed by atoms with Crippen molar-refractivity contribution in [3.8, 4) is 0 Å². The maximum atomic E-state index is 12.0. The van der Waals surface area contributed by atoms with Gasteiger partial charge >= 0.3 is 5.97 Å². The summed E-state index contributed by atoms with van der Waals surface area (Å²) in [5.74, 6) is 2.22. The molecule has 7 nitrogen and oxygen atoms in total. The summed E-state index contributed by atoms with van der Waals surface area (Å²) in [5, 5.41) is 17.4. The third-order valence-electron chi connectivity index (χ3n) is 16.7. The number of sulfonamides is 1. The van der Waals surface area contributed by atoms with Gasteiger partial charge in [0.05, 0.1) is 11.8 Å². The van der Waals surface area contributed by atoms with Crippen LogP contribution in [0.1, 0.15) is 122 Å². The van der Waals surface area contributed by atoms with Crippen molar-refractivity contribution in [2.75, 3.05) is 32.4 Å². The normalized spacial score (nSPS) is 41.9. The molecular weight excluding hydrogens is 655 g/mol. The first-order chi connectivity index (χ1) is 23.9. The van der Waals surface area contributed by atoms with Crippen molar-refractivity contribution >= 4 is 21.6 Å². The zero-order valence-electron chi connectivity index (χ0n) is 32.5. The first-order valence-electron chi connectivity index (χ1n) is 20.0. The lowest BCUT2D eigenvalue weighted by Crippen LogP contribution is -2.68. The maximum Gasteiger partial charge on any atom is 0.335 e. The van der Waals surface area contributed by atoms with Crippen molar-refractivity contribution in [2.45, 2.75) is 117 Å². The minimum atomic E-state index is -3.13. The zero-order chi connectivity index (χ0) is 36.8. The number of allylic oxidation sites excluding steroid dienone is 3. The highest BCUT2D eigenvalue weighted by molar-refractivity contribution is 7.88. The van der Waals surface area contributed by atoms with Gasteiger partial charge in [-0.1, -0.05) is 65.0 Å². The van der Waals surface area contributed by atoms with Crippen LogP contribution in [0.15, 0.2) is 42.5 Å². The second kappa shape index (κ2) is 12.8. The van der Waals surface area contributed by atoms with Crippen LogP contribution in [-0.2, 0) is 10.0 Å². The van der Waals surface area contributed by atoms with Gasteiger partial charge in [0.2, 0.25) is 10.0 Å². The van der Waals surface area contributed by atoms with Crippen LogP contribution in [0.25, 0.3) is 5.57 Å². The third kappa shape index (κ3) is 5.83. The fourth-order valence-electron chi connectivity index (χ4n) is 14.1. The number of benzene rings is 1. The monoisotopic (exact) mass is 719 g/mol. The largest absolute Gasteiger partial charge is 0.478 e. The van der Waals surface area contributed by atoms with Gasteiger partial charge < -0.3 is 15.7 Å². The number of nitrogens with one attached hydrogen (secondary N) is 2. The van der Waals surface area contributed by atoms with E-state index in [9.17, 15) is 18.3 Å². The Balaban J connectivity index is 1.11. The van der Waals surface area contributed by atoms with Crippen molar-refractivity contribution in [1.29, 1.82) is 0 Å². The molecule has 0 bridgehead atoms. The Bertz CT molecular complexity index is 1690. The van der Waals surface area contributed by atoms with E-state index >= 15 is 0 Å². The van der Waals surface area contributed by atoms with E-state index in [1.54, 1.807) is 16.4 Å².